The number of carboxylic acids is 1. The Hall–Kier alpha value is -2.24. The summed E-state index contributed by atoms with van der Waals surface area (Å²) in [5.41, 5.74) is 0.329. The summed E-state index contributed by atoms with van der Waals surface area (Å²) >= 11 is 0. The molecule has 1 aromatic carbocycles. The van der Waals surface area contributed by atoms with Crippen LogP contribution in [-0.4, -0.2) is 36.7 Å². The van der Waals surface area contributed by atoms with Gasteiger partial charge in [0.1, 0.15) is 6.04 Å². The average molecular weight is 337 g/mol. The van der Waals surface area contributed by atoms with Gasteiger partial charge in [-0.1, -0.05) is 27.7 Å². The predicted octanol–water partition coefficient (Wildman–Crippen LogP) is 2.96. The zero-order chi connectivity index (χ0) is 18.3. The van der Waals surface area contributed by atoms with Gasteiger partial charge < -0.3 is 19.9 Å². The topological polar surface area (TPSA) is 84.9 Å². The second-order valence-corrected chi connectivity index (χ2v) is 6.43. The fourth-order valence-corrected chi connectivity index (χ4v) is 2.07. The highest BCUT2D eigenvalue weighted by atomic mass is 16.5. The molecule has 0 heterocycles. The van der Waals surface area contributed by atoms with E-state index in [0.717, 1.165) is 6.42 Å². The van der Waals surface area contributed by atoms with Crippen molar-refractivity contribution in [2.24, 2.45) is 11.8 Å². The first-order valence-electron chi connectivity index (χ1n) is 8.10. The lowest BCUT2D eigenvalue weighted by Gasteiger charge is -2.18. The number of nitrogens with one attached hydrogen (secondary N) is 1. The van der Waals surface area contributed by atoms with Gasteiger partial charge in [-0.25, -0.2) is 4.79 Å². The number of carboxylic acid groups (broad SMARTS) is 1. The minimum atomic E-state index is -1.06. The second kappa shape index (κ2) is 9.15. The van der Waals surface area contributed by atoms with Crippen molar-refractivity contribution in [2.45, 2.75) is 40.2 Å². The number of rotatable bonds is 9. The van der Waals surface area contributed by atoms with Crippen molar-refractivity contribution >= 4 is 11.9 Å². The molecule has 0 aliphatic rings. The number of benzene rings is 1. The molecule has 0 aliphatic heterocycles. The van der Waals surface area contributed by atoms with E-state index in [1.807, 2.05) is 0 Å². The molecule has 1 aromatic rings. The summed E-state index contributed by atoms with van der Waals surface area (Å²) in [7, 11) is 1.50. The molecule has 1 amide bonds. The van der Waals surface area contributed by atoms with Crippen LogP contribution in [-0.2, 0) is 4.79 Å². The number of hydrogen-bond donors (Lipinski definition) is 2. The highest BCUT2D eigenvalue weighted by Gasteiger charge is 2.24. The molecule has 0 spiro atoms. The van der Waals surface area contributed by atoms with E-state index in [1.165, 1.54) is 7.11 Å². The minimum Gasteiger partial charge on any atom is -0.493 e. The number of carbonyl (C=O) groups is 2. The van der Waals surface area contributed by atoms with Gasteiger partial charge in [-0.05, 0) is 36.5 Å². The quantitative estimate of drug-likeness (QED) is 0.723. The molecule has 0 radical (unpaired) electrons. The summed E-state index contributed by atoms with van der Waals surface area (Å²) in [5.74, 6) is -0.185. The van der Waals surface area contributed by atoms with E-state index in [4.69, 9.17) is 14.6 Å². The molecule has 1 unspecified atom stereocenters. The van der Waals surface area contributed by atoms with Crippen molar-refractivity contribution in [3.63, 3.8) is 0 Å². The number of aliphatic carboxylic acids is 1. The Labute approximate surface area is 143 Å². The van der Waals surface area contributed by atoms with E-state index in [2.05, 4.69) is 19.2 Å². The molecule has 0 bridgehead atoms. The lowest BCUT2D eigenvalue weighted by Crippen LogP contribution is -2.44. The van der Waals surface area contributed by atoms with Crippen molar-refractivity contribution in [1.82, 2.24) is 5.32 Å². The first-order valence-corrected chi connectivity index (χ1v) is 8.10. The Balaban J connectivity index is 2.85. The van der Waals surface area contributed by atoms with Crippen molar-refractivity contribution in [3.8, 4) is 11.5 Å². The molecular weight excluding hydrogens is 310 g/mol. The van der Waals surface area contributed by atoms with Crippen molar-refractivity contribution < 1.29 is 24.2 Å². The molecule has 0 aliphatic carbocycles. The van der Waals surface area contributed by atoms with Crippen LogP contribution >= 0.6 is 0 Å². The Bertz CT molecular complexity index is 569. The van der Waals surface area contributed by atoms with Crippen LogP contribution in [0.2, 0.25) is 0 Å². The zero-order valence-electron chi connectivity index (χ0n) is 15.0. The maximum Gasteiger partial charge on any atom is 0.326 e. The van der Waals surface area contributed by atoms with E-state index in [9.17, 15) is 9.59 Å². The number of carbonyl (C=O) groups excluding carboxylic acids is 1. The SMILES string of the molecule is COc1cc(C(=O)NC(C(=O)O)C(C)C)ccc1OCCC(C)C. The van der Waals surface area contributed by atoms with Crippen LogP contribution in [0.25, 0.3) is 0 Å². The van der Waals surface area contributed by atoms with Crippen molar-refractivity contribution in [2.75, 3.05) is 13.7 Å². The van der Waals surface area contributed by atoms with Crippen LogP contribution in [0.4, 0.5) is 0 Å². The van der Waals surface area contributed by atoms with Gasteiger partial charge in [0.05, 0.1) is 13.7 Å². The lowest BCUT2D eigenvalue weighted by molar-refractivity contribution is -0.140. The maximum absolute atomic E-state index is 12.3. The van der Waals surface area contributed by atoms with Crippen molar-refractivity contribution in [3.05, 3.63) is 23.8 Å². The summed E-state index contributed by atoms with van der Waals surface area (Å²) in [6.45, 7) is 8.27. The standard InChI is InChI=1S/C18H27NO5/c1-11(2)8-9-24-14-7-6-13(10-15(14)23-5)17(20)19-16(12(3)4)18(21)22/h6-7,10-12,16H,8-9H2,1-5H3,(H,19,20)(H,21,22). The lowest BCUT2D eigenvalue weighted by atomic mass is 10.0. The van der Waals surface area contributed by atoms with Gasteiger partial charge in [-0.3, -0.25) is 4.79 Å². The smallest absolute Gasteiger partial charge is 0.326 e. The molecular formula is C18H27NO5. The Kier molecular flexibility index (Phi) is 7.55. The highest BCUT2D eigenvalue weighted by Crippen LogP contribution is 2.28. The number of hydrogen-bond acceptors (Lipinski definition) is 4. The Morgan fingerprint density at radius 3 is 2.33 bits per heavy atom. The third-order valence-corrected chi connectivity index (χ3v) is 3.60. The fraction of sp³-hybridized carbons (Fsp3) is 0.556. The Morgan fingerprint density at radius 1 is 1.17 bits per heavy atom. The van der Waals surface area contributed by atoms with Crippen LogP contribution in [0.3, 0.4) is 0 Å². The maximum atomic E-state index is 12.3. The van der Waals surface area contributed by atoms with Gasteiger partial charge in [0.15, 0.2) is 11.5 Å². The largest absolute Gasteiger partial charge is 0.493 e. The van der Waals surface area contributed by atoms with E-state index < -0.39 is 17.9 Å². The van der Waals surface area contributed by atoms with Gasteiger partial charge in [-0.15, -0.1) is 0 Å². The zero-order valence-corrected chi connectivity index (χ0v) is 15.0. The Morgan fingerprint density at radius 2 is 1.83 bits per heavy atom. The van der Waals surface area contributed by atoms with Crippen LogP contribution in [0.5, 0.6) is 11.5 Å². The normalized spacial score (nSPS) is 12.1. The third kappa shape index (κ3) is 5.76. The predicted molar refractivity (Wildman–Crippen MR) is 91.7 cm³/mol. The molecule has 0 aromatic heterocycles. The summed E-state index contributed by atoms with van der Waals surface area (Å²) in [6, 6.07) is 3.88. The van der Waals surface area contributed by atoms with Crippen LogP contribution in [0, 0.1) is 11.8 Å². The van der Waals surface area contributed by atoms with E-state index in [0.29, 0.717) is 29.6 Å². The van der Waals surface area contributed by atoms with E-state index >= 15 is 0 Å². The molecule has 1 atom stereocenters. The van der Waals surface area contributed by atoms with E-state index in [1.54, 1.807) is 32.0 Å². The van der Waals surface area contributed by atoms with Crippen LogP contribution < -0.4 is 14.8 Å². The molecule has 0 fully saturated rings. The number of ether oxygens (including phenoxy) is 2. The fourth-order valence-electron chi connectivity index (χ4n) is 2.07. The second-order valence-electron chi connectivity index (χ2n) is 6.43. The molecule has 0 saturated carbocycles. The molecule has 0 saturated heterocycles. The van der Waals surface area contributed by atoms with Gasteiger partial charge in [0, 0.05) is 5.56 Å². The average Bonchev–Trinajstić information content (AvgIpc) is 2.51. The minimum absolute atomic E-state index is 0.216. The first-order chi connectivity index (χ1) is 11.3. The molecule has 6 nitrogen and oxygen atoms in total. The van der Waals surface area contributed by atoms with Gasteiger partial charge in [-0.2, -0.15) is 0 Å². The highest BCUT2D eigenvalue weighted by molar-refractivity contribution is 5.97. The molecule has 2 N–H and O–H groups in total. The van der Waals surface area contributed by atoms with Gasteiger partial charge in [0.25, 0.3) is 5.91 Å². The van der Waals surface area contributed by atoms with Crippen molar-refractivity contribution in [1.29, 1.82) is 0 Å². The van der Waals surface area contributed by atoms with Crippen LogP contribution in [0.1, 0.15) is 44.5 Å². The van der Waals surface area contributed by atoms with E-state index in [-0.39, 0.29) is 5.92 Å². The summed E-state index contributed by atoms with van der Waals surface area (Å²) in [6.07, 6.45) is 0.917. The van der Waals surface area contributed by atoms with Gasteiger partial charge >= 0.3 is 5.97 Å². The van der Waals surface area contributed by atoms with Gasteiger partial charge in [0.2, 0.25) is 0 Å². The van der Waals surface area contributed by atoms with Crippen LogP contribution in [0.15, 0.2) is 18.2 Å². The molecule has 24 heavy (non-hydrogen) atoms. The summed E-state index contributed by atoms with van der Waals surface area (Å²) in [5, 5.41) is 11.7. The summed E-state index contributed by atoms with van der Waals surface area (Å²) in [4.78, 5) is 23.5. The molecule has 6 heteroatoms. The molecule has 134 valence electrons. The monoisotopic (exact) mass is 337 g/mol. The molecule has 1 rings (SSSR count). The number of amides is 1. The third-order valence-electron chi connectivity index (χ3n) is 3.60. The first kappa shape index (κ1) is 19.8. The summed E-state index contributed by atoms with van der Waals surface area (Å²) < 4.78 is 11.0. The number of methoxy groups -OCH3 is 1.